The Labute approximate surface area is 329 Å². The topological polar surface area (TPSA) is 12.9 Å². The molecule has 1 nitrogen and oxygen atoms in total. The number of aromatic nitrogens is 1. The third kappa shape index (κ3) is 4.77. The van der Waals surface area contributed by atoms with E-state index >= 15 is 0 Å². The van der Waals surface area contributed by atoms with E-state index in [4.69, 9.17) is 4.98 Å². The second kappa shape index (κ2) is 12.0. The van der Waals surface area contributed by atoms with Gasteiger partial charge in [0, 0.05) is 27.2 Å². The van der Waals surface area contributed by atoms with E-state index in [1.807, 2.05) is 0 Å². The summed E-state index contributed by atoms with van der Waals surface area (Å²) < 4.78 is 0. The number of hydrogen-bond acceptors (Lipinski definition) is 1. The molecule has 0 fully saturated rings. The van der Waals surface area contributed by atoms with Gasteiger partial charge in [-0.1, -0.05) is 173 Å². The number of hydrogen-bond donors (Lipinski definition) is 0. The Bertz CT molecular complexity index is 2850. The first-order valence-electron chi connectivity index (χ1n) is 19.8. The molecule has 1 heterocycles. The molecule has 56 heavy (non-hydrogen) atoms. The largest absolute Gasteiger partial charge is 0.247 e. The molecule has 0 radical (unpaired) electrons. The maximum Gasteiger partial charge on any atom is 0.0794 e. The van der Waals surface area contributed by atoms with Gasteiger partial charge in [-0.15, -0.1) is 0 Å². The molecular weight excluding hydrogens is 675 g/mol. The van der Waals surface area contributed by atoms with Crippen molar-refractivity contribution >= 4 is 21.7 Å². The van der Waals surface area contributed by atoms with Crippen LogP contribution in [0.5, 0.6) is 0 Å². The van der Waals surface area contributed by atoms with Gasteiger partial charge in [-0.2, -0.15) is 0 Å². The first kappa shape index (κ1) is 32.8. The zero-order valence-electron chi connectivity index (χ0n) is 32.2. The molecule has 1 aromatic heterocycles. The summed E-state index contributed by atoms with van der Waals surface area (Å²) in [5.41, 5.74) is 21.0. The molecule has 0 aliphatic heterocycles. The van der Waals surface area contributed by atoms with Gasteiger partial charge in [0.25, 0.3) is 0 Å². The Morgan fingerprint density at radius 3 is 1.39 bits per heavy atom. The molecule has 0 N–H and O–H groups in total. The van der Waals surface area contributed by atoms with Gasteiger partial charge in [-0.25, -0.2) is 4.98 Å². The summed E-state index contributed by atoms with van der Waals surface area (Å²) in [5, 5.41) is 3.52. The molecule has 0 unspecified atom stereocenters. The van der Waals surface area contributed by atoms with Crippen LogP contribution in [0.15, 0.2) is 176 Å². The molecule has 0 bridgehead atoms. The van der Waals surface area contributed by atoms with Crippen LogP contribution in [0.25, 0.3) is 88.6 Å². The summed E-state index contributed by atoms with van der Waals surface area (Å²) in [7, 11) is 0. The average Bonchev–Trinajstić information content (AvgIpc) is 3.62. The predicted octanol–water partition coefficient (Wildman–Crippen LogP) is 14.7. The normalized spacial score (nSPS) is 14.4. The molecule has 0 amide bonds. The van der Waals surface area contributed by atoms with E-state index in [-0.39, 0.29) is 10.8 Å². The highest BCUT2D eigenvalue weighted by Gasteiger charge is 2.36. The zero-order valence-corrected chi connectivity index (χ0v) is 32.2. The van der Waals surface area contributed by atoms with Gasteiger partial charge >= 0.3 is 0 Å². The number of fused-ring (bicyclic) bond motifs is 9. The van der Waals surface area contributed by atoms with Gasteiger partial charge in [0.05, 0.1) is 11.2 Å². The van der Waals surface area contributed by atoms with Crippen molar-refractivity contribution < 1.29 is 0 Å². The van der Waals surface area contributed by atoms with Gasteiger partial charge in [0.15, 0.2) is 0 Å². The van der Waals surface area contributed by atoms with E-state index in [1.165, 1.54) is 83.3 Å². The van der Waals surface area contributed by atoms with Crippen LogP contribution >= 0.6 is 0 Å². The maximum absolute atomic E-state index is 5.66. The average molecular weight is 716 g/mol. The predicted molar refractivity (Wildman–Crippen MR) is 236 cm³/mol. The minimum atomic E-state index is -0.0982. The van der Waals surface area contributed by atoms with Crippen molar-refractivity contribution in [2.45, 2.75) is 38.5 Å². The minimum Gasteiger partial charge on any atom is -0.247 e. The smallest absolute Gasteiger partial charge is 0.0794 e. The van der Waals surface area contributed by atoms with E-state index in [2.05, 4.69) is 204 Å². The van der Waals surface area contributed by atoms with Crippen LogP contribution in [0.1, 0.15) is 49.9 Å². The number of pyridine rings is 1. The van der Waals surface area contributed by atoms with Crippen molar-refractivity contribution in [1.82, 2.24) is 4.98 Å². The van der Waals surface area contributed by atoms with Gasteiger partial charge in [-0.05, 0) is 114 Å². The van der Waals surface area contributed by atoms with Crippen LogP contribution < -0.4 is 0 Å². The van der Waals surface area contributed by atoms with Crippen LogP contribution in [0, 0.1) is 0 Å². The van der Waals surface area contributed by atoms with Crippen molar-refractivity contribution in [2.24, 2.45) is 0 Å². The van der Waals surface area contributed by atoms with E-state index < -0.39 is 0 Å². The lowest BCUT2D eigenvalue weighted by atomic mass is 9.81. The van der Waals surface area contributed by atoms with Crippen LogP contribution in [-0.2, 0) is 10.8 Å². The first-order valence-corrected chi connectivity index (χ1v) is 19.8. The highest BCUT2D eigenvalue weighted by molar-refractivity contribution is 6.15. The lowest BCUT2D eigenvalue weighted by molar-refractivity contribution is 0.660. The third-order valence-corrected chi connectivity index (χ3v) is 12.9. The SMILES string of the molecule is CC1(C)c2ccccc2-c2ccc(-c3cc(-c4ccccc4)c4ccc5c(-c6ccccc6)cc(-c6ccc7c(c6)C(C)(C)c6ccccc6-7)nc5c4c3)cc21. The van der Waals surface area contributed by atoms with Crippen molar-refractivity contribution in [2.75, 3.05) is 0 Å². The second-order valence-corrected chi connectivity index (χ2v) is 16.7. The van der Waals surface area contributed by atoms with Crippen LogP contribution in [0.3, 0.4) is 0 Å². The summed E-state index contributed by atoms with van der Waals surface area (Å²) in [6.45, 7) is 9.42. The van der Waals surface area contributed by atoms with Gasteiger partial charge in [-0.3, -0.25) is 0 Å². The molecule has 266 valence electrons. The summed E-state index contributed by atoms with van der Waals surface area (Å²) in [4.78, 5) is 5.66. The highest BCUT2D eigenvalue weighted by Crippen LogP contribution is 2.51. The monoisotopic (exact) mass is 715 g/mol. The van der Waals surface area contributed by atoms with Crippen LogP contribution in [0.4, 0.5) is 0 Å². The quantitative estimate of drug-likeness (QED) is 0.165. The molecule has 0 saturated carbocycles. The minimum absolute atomic E-state index is 0.0828. The molecule has 0 saturated heterocycles. The second-order valence-electron chi connectivity index (χ2n) is 16.7. The highest BCUT2D eigenvalue weighted by atomic mass is 14.7. The van der Waals surface area contributed by atoms with E-state index in [9.17, 15) is 0 Å². The molecule has 0 spiro atoms. The Hall–Kier alpha value is -6.57. The molecule has 8 aromatic carbocycles. The lowest BCUT2D eigenvalue weighted by Crippen LogP contribution is -2.14. The summed E-state index contributed by atoms with van der Waals surface area (Å²) in [6.07, 6.45) is 0. The molecule has 11 rings (SSSR count). The molecule has 9 aromatic rings. The Kier molecular flexibility index (Phi) is 7.01. The zero-order chi connectivity index (χ0) is 37.8. The molecule has 1 heteroatoms. The summed E-state index contributed by atoms with van der Waals surface area (Å²) in [5.74, 6) is 0. The fourth-order valence-corrected chi connectivity index (χ4v) is 9.90. The van der Waals surface area contributed by atoms with Crippen LogP contribution in [-0.4, -0.2) is 4.98 Å². The number of benzene rings is 8. The van der Waals surface area contributed by atoms with Gasteiger partial charge in [0.1, 0.15) is 0 Å². The van der Waals surface area contributed by atoms with E-state index in [0.29, 0.717) is 0 Å². The molecule has 2 aliphatic carbocycles. The third-order valence-electron chi connectivity index (χ3n) is 12.9. The van der Waals surface area contributed by atoms with Gasteiger partial charge < -0.3 is 0 Å². The van der Waals surface area contributed by atoms with Gasteiger partial charge in [0.2, 0.25) is 0 Å². The summed E-state index contributed by atoms with van der Waals surface area (Å²) in [6, 6.07) is 65.2. The molecule has 0 atom stereocenters. The van der Waals surface area contributed by atoms with Crippen molar-refractivity contribution in [3.63, 3.8) is 0 Å². The summed E-state index contributed by atoms with van der Waals surface area (Å²) >= 11 is 0. The maximum atomic E-state index is 5.66. The fourth-order valence-electron chi connectivity index (χ4n) is 9.90. The van der Waals surface area contributed by atoms with Crippen molar-refractivity contribution in [3.05, 3.63) is 198 Å². The Morgan fingerprint density at radius 1 is 0.304 bits per heavy atom. The first-order chi connectivity index (χ1) is 27.3. The molecular formula is C55H41N. The molecule has 2 aliphatic rings. The number of rotatable bonds is 4. The number of nitrogens with zero attached hydrogens (tertiary/aromatic N) is 1. The van der Waals surface area contributed by atoms with E-state index in [1.54, 1.807) is 0 Å². The Morgan fingerprint density at radius 2 is 0.786 bits per heavy atom. The van der Waals surface area contributed by atoms with Crippen molar-refractivity contribution in [1.29, 1.82) is 0 Å². The Balaban J connectivity index is 1.18. The standard InChI is InChI=1S/C55H41N/c1-54(2)48-21-13-11-19-40(48)42-25-23-36(31-50(42)54)38-29-45(34-15-7-5-8-16-34)39-27-28-44-46(35-17-9-6-10-18-35)33-52(56-53(44)47(39)30-38)37-24-26-43-41-20-12-14-22-49(41)55(3,4)51(43)32-37/h5-33H,1-4H3. The van der Waals surface area contributed by atoms with Crippen molar-refractivity contribution in [3.8, 4) is 66.9 Å². The lowest BCUT2D eigenvalue weighted by Gasteiger charge is -2.22. The van der Waals surface area contributed by atoms with Crippen LogP contribution in [0.2, 0.25) is 0 Å². The van der Waals surface area contributed by atoms with E-state index in [0.717, 1.165) is 27.5 Å². The fraction of sp³-hybridized carbons (Fsp3) is 0.109.